The Balaban J connectivity index is 2.39. The van der Waals surface area contributed by atoms with Crippen molar-refractivity contribution in [3.63, 3.8) is 0 Å². The van der Waals surface area contributed by atoms with Crippen molar-refractivity contribution in [2.75, 3.05) is 7.05 Å². The van der Waals surface area contributed by atoms with Crippen LogP contribution < -0.4 is 10.0 Å². The molecule has 2 rings (SSSR count). The summed E-state index contributed by atoms with van der Waals surface area (Å²) in [5, 5.41) is 3.47. The summed E-state index contributed by atoms with van der Waals surface area (Å²) >= 11 is 6.09. The van der Waals surface area contributed by atoms with Crippen molar-refractivity contribution in [1.82, 2.24) is 10.0 Å². The molecule has 0 bridgehead atoms. The monoisotopic (exact) mass is 330 g/mol. The van der Waals surface area contributed by atoms with Crippen molar-refractivity contribution in [3.8, 4) is 0 Å². The van der Waals surface area contributed by atoms with Crippen LogP contribution in [0.15, 0.2) is 17.0 Å². The molecule has 2 N–H and O–H groups in total. The maximum atomic E-state index is 12.7. The first-order chi connectivity index (χ1) is 9.67. The highest BCUT2D eigenvalue weighted by molar-refractivity contribution is 7.89. The summed E-state index contributed by atoms with van der Waals surface area (Å²) in [7, 11) is -1.76. The molecule has 1 fully saturated rings. The van der Waals surface area contributed by atoms with Gasteiger partial charge in [-0.3, -0.25) is 0 Å². The van der Waals surface area contributed by atoms with E-state index in [1.54, 1.807) is 6.07 Å². The lowest BCUT2D eigenvalue weighted by atomic mass is 10.0. The van der Waals surface area contributed by atoms with E-state index in [-0.39, 0.29) is 4.90 Å². The minimum atomic E-state index is -3.58. The maximum Gasteiger partial charge on any atom is 0.241 e. The first kappa shape index (κ1) is 16.7. The van der Waals surface area contributed by atoms with E-state index in [1.165, 1.54) is 6.07 Å². The van der Waals surface area contributed by atoms with E-state index in [2.05, 4.69) is 10.0 Å². The standard InChI is InChI=1S/C15H23ClN2O2S/c1-10-11(9-17-4)7-13(16)8-14(10)21(19,20)18-15(2,3)12-5-6-12/h7-8,12,17-18H,5-6,9H2,1-4H3. The zero-order valence-electron chi connectivity index (χ0n) is 13.0. The van der Waals surface area contributed by atoms with Gasteiger partial charge in [-0.15, -0.1) is 0 Å². The highest BCUT2D eigenvalue weighted by Gasteiger charge is 2.41. The van der Waals surface area contributed by atoms with Crippen LogP contribution in [0.25, 0.3) is 0 Å². The molecule has 21 heavy (non-hydrogen) atoms. The topological polar surface area (TPSA) is 58.2 Å². The quantitative estimate of drug-likeness (QED) is 0.843. The fraction of sp³-hybridized carbons (Fsp3) is 0.600. The molecule has 0 radical (unpaired) electrons. The molecule has 118 valence electrons. The molecule has 0 heterocycles. The van der Waals surface area contributed by atoms with Gasteiger partial charge in [0.25, 0.3) is 0 Å². The van der Waals surface area contributed by atoms with E-state index in [9.17, 15) is 8.42 Å². The lowest BCUT2D eigenvalue weighted by molar-refractivity contribution is 0.400. The Labute approximate surface area is 132 Å². The largest absolute Gasteiger partial charge is 0.316 e. The van der Waals surface area contributed by atoms with Crippen molar-refractivity contribution < 1.29 is 8.42 Å². The van der Waals surface area contributed by atoms with Gasteiger partial charge in [0.1, 0.15) is 0 Å². The Morgan fingerprint density at radius 1 is 1.33 bits per heavy atom. The summed E-state index contributed by atoms with van der Waals surface area (Å²) in [5.41, 5.74) is 1.22. The normalized spacial score (nSPS) is 16.2. The molecule has 1 aromatic rings. The molecule has 0 saturated heterocycles. The second-order valence-corrected chi connectivity index (χ2v) is 8.41. The molecule has 0 aliphatic heterocycles. The van der Waals surface area contributed by atoms with E-state index < -0.39 is 15.6 Å². The van der Waals surface area contributed by atoms with Crippen LogP contribution in [0.3, 0.4) is 0 Å². The Morgan fingerprint density at radius 3 is 2.48 bits per heavy atom. The van der Waals surface area contributed by atoms with Crippen LogP contribution in [-0.2, 0) is 16.6 Å². The first-order valence-electron chi connectivity index (χ1n) is 7.15. The van der Waals surface area contributed by atoms with Crippen molar-refractivity contribution in [3.05, 3.63) is 28.3 Å². The van der Waals surface area contributed by atoms with E-state index >= 15 is 0 Å². The van der Waals surface area contributed by atoms with Crippen molar-refractivity contribution in [1.29, 1.82) is 0 Å². The highest BCUT2D eigenvalue weighted by Crippen LogP contribution is 2.40. The molecule has 1 saturated carbocycles. The summed E-state index contributed by atoms with van der Waals surface area (Å²) in [6, 6.07) is 3.33. The number of nitrogens with one attached hydrogen (secondary N) is 2. The zero-order valence-corrected chi connectivity index (χ0v) is 14.5. The van der Waals surface area contributed by atoms with Gasteiger partial charge in [0.05, 0.1) is 4.90 Å². The fourth-order valence-electron chi connectivity index (χ4n) is 2.65. The lowest BCUT2D eigenvalue weighted by Crippen LogP contribution is -2.45. The molecular formula is C15H23ClN2O2S. The molecule has 0 spiro atoms. The second-order valence-electron chi connectivity index (χ2n) is 6.32. The predicted molar refractivity (Wildman–Crippen MR) is 86.1 cm³/mol. The van der Waals surface area contributed by atoms with E-state index in [0.717, 1.165) is 24.0 Å². The molecule has 0 unspecified atom stereocenters. The van der Waals surface area contributed by atoms with Gasteiger partial charge in [-0.25, -0.2) is 13.1 Å². The summed E-state index contributed by atoms with van der Waals surface area (Å²) in [5.74, 6) is 0.420. The average Bonchev–Trinajstić information content (AvgIpc) is 3.16. The van der Waals surface area contributed by atoms with Gasteiger partial charge in [0.15, 0.2) is 0 Å². The number of rotatable bonds is 6. The minimum absolute atomic E-state index is 0.272. The van der Waals surface area contributed by atoms with Crippen molar-refractivity contribution >= 4 is 21.6 Å². The number of hydrogen-bond donors (Lipinski definition) is 2. The van der Waals surface area contributed by atoms with Gasteiger partial charge < -0.3 is 5.32 Å². The smallest absolute Gasteiger partial charge is 0.241 e. The Kier molecular flexibility index (Phi) is 4.69. The summed E-state index contributed by atoms with van der Waals surface area (Å²) in [6.07, 6.45) is 2.16. The van der Waals surface area contributed by atoms with Gasteiger partial charge >= 0.3 is 0 Å². The molecule has 0 aromatic heterocycles. The molecule has 6 heteroatoms. The second kappa shape index (κ2) is 5.88. The number of benzene rings is 1. The highest BCUT2D eigenvalue weighted by atomic mass is 35.5. The zero-order chi connectivity index (χ0) is 15.8. The molecule has 0 amide bonds. The molecule has 0 atom stereocenters. The van der Waals surface area contributed by atoms with Gasteiger partial charge in [-0.2, -0.15) is 0 Å². The molecule has 1 aliphatic carbocycles. The molecular weight excluding hydrogens is 308 g/mol. The number of hydrogen-bond acceptors (Lipinski definition) is 3. The van der Waals surface area contributed by atoms with Crippen LogP contribution in [0.5, 0.6) is 0 Å². The van der Waals surface area contributed by atoms with E-state index in [4.69, 9.17) is 11.6 Å². The maximum absolute atomic E-state index is 12.7. The van der Waals surface area contributed by atoms with Crippen LogP contribution in [0.1, 0.15) is 37.8 Å². The van der Waals surface area contributed by atoms with Gasteiger partial charge in [0.2, 0.25) is 10.0 Å². The lowest BCUT2D eigenvalue weighted by Gasteiger charge is -2.26. The van der Waals surface area contributed by atoms with Crippen LogP contribution in [0.4, 0.5) is 0 Å². The van der Waals surface area contributed by atoms with Crippen LogP contribution in [0.2, 0.25) is 5.02 Å². The number of sulfonamides is 1. The van der Waals surface area contributed by atoms with Crippen molar-refractivity contribution in [2.24, 2.45) is 5.92 Å². The third kappa shape index (κ3) is 3.77. The van der Waals surface area contributed by atoms with Gasteiger partial charge in [-0.05, 0) is 69.8 Å². The predicted octanol–water partition coefficient (Wildman–Crippen LogP) is 2.83. The minimum Gasteiger partial charge on any atom is -0.316 e. The molecule has 1 aliphatic rings. The average molecular weight is 331 g/mol. The first-order valence-corrected chi connectivity index (χ1v) is 9.01. The third-order valence-corrected chi connectivity index (χ3v) is 6.10. The van der Waals surface area contributed by atoms with Gasteiger partial charge in [-0.1, -0.05) is 11.6 Å². The summed E-state index contributed by atoms with van der Waals surface area (Å²) in [4.78, 5) is 0.272. The Bertz CT molecular complexity index is 637. The van der Waals surface area contributed by atoms with E-state index in [0.29, 0.717) is 17.5 Å². The SMILES string of the molecule is CNCc1cc(Cl)cc(S(=O)(=O)NC(C)(C)C2CC2)c1C. The molecule has 1 aromatic carbocycles. The van der Waals surface area contributed by atoms with Crippen molar-refractivity contribution in [2.45, 2.75) is 50.6 Å². The third-order valence-electron chi connectivity index (χ3n) is 4.08. The Hall–Kier alpha value is -0.620. The number of halogens is 1. The van der Waals surface area contributed by atoms with Crippen LogP contribution >= 0.6 is 11.6 Å². The molecule has 4 nitrogen and oxygen atoms in total. The Morgan fingerprint density at radius 2 is 1.95 bits per heavy atom. The van der Waals surface area contributed by atoms with Crippen LogP contribution in [0, 0.1) is 12.8 Å². The van der Waals surface area contributed by atoms with Crippen LogP contribution in [-0.4, -0.2) is 21.0 Å². The van der Waals surface area contributed by atoms with Gasteiger partial charge in [0, 0.05) is 17.1 Å². The fourth-order valence-corrected chi connectivity index (χ4v) is 4.74. The van der Waals surface area contributed by atoms with E-state index in [1.807, 2.05) is 27.8 Å². The summed E-state index contributed by atoms with van der Waals surface area (Å²) < 4.78 is 28.3. The summed E-state index contributed by atoms with van der Waals surface area (Å²) in [6.45, 7) is 6.29.